The van der Waals surface area contributed by atoms with E-state index in [0.29, 0.717) is 25.0 Å². The zero-order valence-electron chi connectivity index (χ0n) is 11.9. The summed E-state index contributed by atoms with van der Waals surface area (Å²) in [6.45, 7) is 2.05. The van der Waals surface area contributed by atoms with Gasteiger partial charge < -0.3 is 9.84 Å². The van der Waals surface area contributed by atoms with E-state index >= 15 is 0 Å². The molecule has 0 aliphatic heterocycles. The third-order valence-corrected chi connectivity index (χ3v) is 4.11. The molecule has 6 heteroatoms. The molecule has 0 atom stereocenters. The second-order valence-corrected chi connectivity index (χ2v) is 5.44. The predicted octanol–water partition coefficient (Wildman–Crippen LogP) is 3.06. The molecule has 6 nitrogen and oxygen atoms in total. The molecule has 1 saturated carbocycles. The fourth-order valence-corrected chi connectivity index (χ4v) is 2.71. The minimum atomic E-state index is -0.733. The van der Waals surface area contributed by atoms with Gasteiger partial charge in [-0.2, -0.15) is 0 Å². The third-order valence-electron chi connectivity index (χ3n) is 4.11. The fraction of sp³-hybridized carbons (Fsp3) is 0.533. The van der Waals surface area contributed by atoms with E-state index in [1.165, 1.54) is 6.07 Å². The van der Waals surface area contributed by atoms with Crippen LogP contribution in [0, 0.1) is 23.0 Å². The number of ether oxygens (including phenoxy) is 1. The lowest BCUT2D eigenvalue weighted by atomic mass is 9.87. The van der Waals surface area contributed by atoms with Crippen molar-refractivity contribution in [2.24, 2.45) is 5.92 Å². The number of nitrogens with zero attached hydrogens (tertiary/aromatic N) is 1. The molecule has 0 amide bonds. The monoisotopic (exact) mass is 293 g/mol. The molecule has 1 aliphatic rings. The standard InChI is InChI=1S/C15H19NO5/c1-10-12(3-2-4-14(10)16(19)20)9-21-13-7-5-11(6-8-13)15(17)18/h2-4,11,13H,5-9H2,1H3,(H,17,18). The maximum Gasteiger partial charge on any atom is 0.306 e. The summed E-state index contributed by atoms with van der Waals surface area (Å²) in [6, 6.07) is 4.97. The van der Waals surface area contributed by atoms with E-state index in [4.69, 9.17) is 9.84 Å². The van der Waals surface area contributed by atoms with Crippen molar-refractivity contribution >= 4 is 11.7 Å². The Hall–Kier alpha value is -1.95. The number of benzene rings is 1. The highest BCUT2D eigenvalue weighted by molar-refractivity contribution is 5.70. The summed E-state index contributed by atoms with van der Waals surface area (Å²) in [5.41, 5.74) is 1.54. The summed E-state index contributed by atoms with van der Waals surface area (Å²) in [6.07, 6.45) is 2.76. The van der Waals surface area contributed by atoms with Crippen molar-refractivity contribution in [2.45, 2.75) is 45.3 Å². The summed E-state index contributed by atoms with van der Waals surface area (Å²) in [5, 5.41) is 19.8. The average molecular weight is 293 g/mol. The van der Waals surface area contributed by atoms with Crippen LogP contribution in [0.2, 0.25) is 0 Å². The molecule has 0 unspecified atom stereocenters. The van der Waals surface area contributed by atoms with Gasteiger partial charge in [0, 0.05) is 11.6 Å². The molecule has 0 heterocycles. The second-order valence-electron chi connectivity index (χ2n) is 5.44. The van der Waals surface area contributed by atoms with Crippen LogP contribution in [0.3, 0.4) is 0 Å². The lowest BCUT2D eigenvalue weighted by Gasteiger charge is -2.26. The first-order valence-corrected chi connectivity index (χ1v) is 7.06. The van der Waals surface area contributed by atoms with Gasteiger partial charge in [-0.15, -0.1) is 0 Å². The first-order valence-electron chi connectivity index (χ1n) is 7.06. The molecular formula is C15H19NO5. The number of nitro benzene ring substituents is 1. The highest BCUT2D eigenvalue weighted by Gasteiger charge is 2.26. The number of carboxylic acid groups (broad SMARTS) is 1. The van der Waals surface area contributed by atoms with E-state index in [2.05, 4.69) is 0 Å². The highest BCUT2D eigenvalue weighted by atomic mass is 16.6. The molecule has 0 saturated heterocycles. The molecule has 1 aromatic rings. The van der Waals surface area contributed by atoms with Gasteiger partial charge in [-0.1, -0.05) is 12.1 Å². The fourth-order valence-electron chi connectivity index (χ4n) is 2.71. The Kier molecular flexibility index (Phi) is 4.90. The molecule has 0 bridgehead atoms. The average Bonchev–Trinajstić information content (AvgIpc) is 2.46. The normalized spacial score (nSPS) is 22.0. The van der Waals surface area contributed by atoms with Gasteiger partial charge in [0.05, 0.1) is 23.6 Å². The first-order chi connectivity index (χ1) is 9.99. The SMILES string of the molecule is Cc1c(COC2CCC(C(=O)O)CC2)cccc1[N+](=O)[O-]. The van der Waals surface area contributed by atoms with Crippen molar-refractivity contribution in [2.75, 3.05) is 0 Å². The topological polar surface area (TPSA) is 89.7 Å². The Morgan fingerprint density at radius 3 is 2.62 bits per heavy atom. The van der Waals surface area contributed by atoms with Crippen LogP contribution in [-0.4, -0.2) is 22.1 Å². The maximum atomic E-state index is 10.9. The first kappa shape index (κ1) is 15.4. The smallest absolute Gasteiger partial charge is 0.306 e. The molecule has 1 aliphatic carbocycles. The van der Waals surface area contributed by atoms with Gasteiger partial charge in [-0.05, 0) is 38.2 Å². The number of carbonyl (C=O) groups is 1. The lowest BCUT2D eigenvalue weighted by Crippen LogP contribution is -2.26. The number of nitro groups is 1. The van der Waals surface area contributed by atoms with Crippen molar-refractivity contribution in [1.82, 2.24) is 0 Å². The summed E-state index contributed by atoms with van der Waals surface area (Å²) >= 11 is 0. The molecule has 0 spiro atoms. The van der Waals surface area contributed by atoms with Crippen LogP contribution >= 0.6 is 0 Å². The number of hydrogen-bond donors (Lipinski definition) is 1. The van der Waals surface area contributed by atoms with E-state index < -0.39 is 10.9 Å². The van der Waals surface area contributed by atoms with Gasteiger partial charge in [0.25, 0.3) is 5.69 Å². The molecule has 1 aromatic carbocycles. The highest BCUT2D eigenvalue weighted by Crippen LogP contribution is 2.28. The lowest BCUT2D eigenvalue weighted by molar-refractivity contribution is -0.385. The minimum absolute atomic E-state index is 0.0410. The Bertz CT molecular complexity index is 535. The molecule has 0 aromatic heterocycles. The van der Waals surface area contributed by atoms with Gasteiger partial charge in [0.15, 0.2) is 0 Å². The van der Waals surface area contributed by atoms with Crippen LogP contribution in [-0.2, 0) is 16.1 Å². The van der Waals surface area contributed by atoms with Crippen LogP contribution in [0.25, 0.3) is 0 Å². The molecule has 1 fully saturated rings. The molecule has 1 N–H and O–H groups in total. The van der Waals surface area contributed by atoms with Crippen molar-refractivity contribution in [3.05, 3.63) is 39.4 Å². The van der Waals surface area contributed by atoms with Gasteiger partial charge in [-0.25, -0.2) is 0 Å². The predicted molar refractivity (Wildman–Crippen MR) is 76.0 cm³/mol. The molecule has 0 radical (unpaired) electrons. The van der Waals surface area contributed by atoms with Crippen molar-refractivity contribution in [3.8, 4) is 0 Å². The number of hydrogen-bond acceptors (Lipinski definition) is 4. The van der Waals surface area contributed by atoms with E-state index in [1.807, 2.05) is 6.07 Å². The van der Waals surface area contributed by atoms with E-state index in [1.54, 1.807) is 13.0 Å². The molecule has 2 rings (SSSR count). The number of carboxylic acids is 1. The molecule has 114 valence electrons. The Morgan fingerprint density at radius 2 is 2.05 bits per heavy atom. The Labute approximate surface area is 122 Å². The van der Waals surface area contributed by atoms with Crippen LogP contribution < -0.4 is 0 Å². The third kappa shape index (κ3) is 3.78. The number of aliphatic carboxylic acids is 1. The summed E-state index contributed by atoms with van der Waals surface area (Å²) in [7, 11) is 0. The van der Waals surface area contributed by atoms with Gasteiger partial charge in [-0.3, -0.25) is 14.9 Å². The van der Waals surface area contributed by atoms with Crippen molar-refractivity contribution in [3.63, 3.8) is 0 Å². The summed E-state index contributed by atoms with van der Waals surface area (Å²) < 4.78 is 5.80. The number of rotatable bonds is 5. The Balaban J connectivity index is 1.91. The Morgan fingerprint density at radius 1 is 1.38 bits per heavy atom. The maximum absolute atomic E-state index is 10.9. The van der Waals surface area contributed by atoms with Crippen molar-refractivity contribution in [1.29, 1.82) is 0 Å². The quantitative estimate of drug-likeness (QED) is 0.665. The zero-order chi connectivity index (χ0) is 15.4. The minimum Gasteiger partial charge on any atom is -0.481 e. The van der Waals surface area contributed by atoms with Gasteiger partial charge in [0.1, 0.15) is 0 Å². The van der Waals surface area contributed by atoms with Crippen LogP contribution in [0.4, 0.5) is 5.69 Å². The van der Waals surface area contributed by atoms with E-state index in [0.717, 1.165) is 18.4 Å². The van der Waals surface area contributed by atoms with Crippen LogP contribution in [0.15, 0.2) is 18.2 Å². The van der Waals surface area contributed by atoms with E-state index in [-0.39, 0.29) is 17.7 Å². The molecular weight excluding hydrogens is 274 g/mol. The van der Waals surface area contributed by atoms with Crippen LogP contribution in [0.1, 0.15) is 36.8 Å². The van der Waals surface area contributed by atoms with Gasteiger partial charge >= 0.3 is 5.97 Å². The summed E-state index contributed by atoms with van der Waals surface area (Å²) in [4.78, 5) is 21.4. The molecule has 21 heavy (non-hydrogen) atoms. The summed E-state index contributed by atoms with van der Waals surface area (Å²) in [5.74, 6) is -0.993. The van der Waals surface area contributed by atoms with Crippen molar-refractivity contribution < 1.29 is 19.6 Å². The second kappa shape index (κ2) is 6.67. The van der Waals surface area contributed by atoms with Gasteiger partial charge in [0.2, 0.25) is 0 Å². The van der Waals surface area contributed by atoms with Crippen LogP contribution in [0.5, 0.6) is 0 Å². The van der Waals surface area contributed by atoms with E-state index in [9.17, 15) is 14.9 Å². The largest absolute Gasteiger partial charge is 0.481 e. The zero-order valence-corrected chi connectivity index (χ0v) is 11.9.